The Morgan fingerprint density at radius 2 is 2.25 bits per heavy atom. The third kappa shape index (κ3) is 3.64. The van der Waals surface area contributed by atoms with E-state index in [1.165, 1.54) is 12.1 Å². The topological polar surface area (TPSA) is 66.9 Å². The Morgan fingerprint density at radius 1 is 1.45 bits per heavy atom. The van der Waals surface area contributed by atoms with Crippen molar-refractivity contribution in [2.45, 2.75) is 13.3 Å². The van der Waals surface area contributed by atoms with Crippen LogP contribution in [0.15, 0.2) is 18.2 Å². The largest absolute Gasteiger partial charge is 0.360 e. The molecule has 0 unspecified atom stereocenters. The molecular formula is C12H12ClFN4OS. The first-order chi connectivity index (χ1) is 9.60. The maximum absolute atomic E-state index is 13.6. The zero-order chi connectivity index (χ0) is 14.5. The molecule has 5 nitrogen and oxygen atoms in total. The lowest BCUT2D eigenvalue weighted by molar-refractivity contribution is 0.102. The lowest BCUT2D eigenvalue weighted by Crippen LogP contribution is -2.12. The molecule has 0 bridgehead atoms. The molecule has 0 saturated carbocycles. The average molecular weight is 315 g/mol. The summed E-state index contributed by atoms with van der Waals surface area (Å²) in [5.74, 6) is -1.10. The van der Waals surface area contributed by atoms with Crippen molar-refractivity contribution in [2.75, 3.05) is 17.2 Å². The quantitative estimate of drug-likeness (QED) is 0.887. The first-order valence-corrected chi connectivity index (χ1v) is 7.13. The van der Waals surface area contributed by atoms with Crippen LogP contribution >= 0.6 is 22.9 Å². The number of rotatable bonds is 5. The second kappa shape index (κ2) is 6.62. The molecule has 1 aromatic heterocycles. The van der Waals surface area contributed by atoms with E-state index in [4.69, 9.17) is 11.6 Å². The molecule has 0 fully saturated rings. The summed E-state index contributed by atoms with van der Waals surface area (Å²) in [4.78, 5) is 11.9. The average Bonchev–Trinajstić information content (AvgIpc) is 2.88. The standard InChI is InChI=1S/C12H12ClFN4OS/c1-2-5-15-12-18-17-11(20-12)10(19)16-9-4-3-7(13)6-8(9)14/h3-4,6H,2,5H2,1H3,(H,15,18)(H,16,19). The van der Waals surface area contributed by atoms with Crippen molar-refractivity contribution in [3.8, 4) is 0 Å². The molecule has 0 aliphatic heterocycles. The highest BCUT2D eigenvalue weighted by Gasteiger charge is 2.14. The Hall–Kier alpha value is -1.73. The van der Waals surface area contributed by atoms with E-state index in [0.717, 1.165) is 30.4 Å². The van der Waals surface area contributed by atoms with Crippen molar-refractivity contribution in [2.24, 2.45) is 0 Å². The van der Waals surface area contributed by atoms with Crippen LogP contribution in [0.3, 0.4) is 0 Å². The van der Waals surface area contributed by atoms with Crippen LogP contribution in [-0.4, -0.2) is 22.6 Å². The summed E-state index contributed by atoms with van der Waals surface area (Å²) < 4.78 is 13.6. The fourth-order valence-corrected chi connectivity index (χ4v) is 2.21. The molecule has 8 heteroatoms. The van der Waals surface area contributed by atoms with E-state index < -0.39 is 11.7 Å². The molecule has 1 amide bonds. The third-order valence-electron chi connectivity index (χ3n) is 2.32. The molecule has 2 aromatic rings. The van der Waals surface area contributed by atoms with Crippen LogP contribution in [0.4, 0.5) is 15.2 Å². The van der Waals surface area contributed by atoms with Gasteiger partial charge in [0.25, 0.3) is 5.91 Å². The Bertz CT molecular complexity index is 619. The van der Waals surface area contributed by atoms with Gasteiger partial charge in [0, 0.05) is 11.6 Å². The van der Waals surface area contributed by atoms with E-state index in [1.807, 2.05) is 6.92 Å². The summed E-state index contributed by atoms with van der Waals surface area (Å²) in [5.41, 5.74) is 0.0534. The van der Waals surface area contributed by atoms with E-state index in [0.29, 0.717) is 5.13 Å². The number of aromatic nitrogens is 2. The van der Waals surface area contributed by atoms with Gasteiger partial charge in [0.05, 0.1) is 5.69 Å². The van der Waals surface area contributed by atoms with Crippen molar-refractivity contribution in [1.29, 1.82) is 0 Å². The predicted molar refractivity (Wildman–Crippen MR) is 78.1 cm³/mol. The number of nitrogens with zero attached hydrogens (tertiary/aromatic N) is 2. The zero-order valence-electron chi connectivity index (χ0n) is 10.6. The Morgan fingerprint density at radius 3 is 2.95 bits per heavy atom. The van der Waals surface area contributed by atoms with E-state index in [1.54, 1.807) is 0 Å². The number of carbonyl (C=O) groups is 1. The van der Waals surface area contributed by atoms with Crippen LogP contribution in [0.5, 0.6) is 0 Å². The SMILES string of the molecule is CCCNc1nnc(C(=O)Nc2ccc(Cl)cc2F)s1. The number of benzene rings is 1. The molecule has 0 spiro atoms. The van der Waals surface area contributed by atoms with E-state index >= 15 is 0 Å². The van der Waals surface area contributed by atoms with Gasteiger partial charge >= 0.3 is 0 Å². The summed E-state index contributed by atoms with van der Waals surface area (Å²) in [6, 6.07) is 4.02. The summed E-state index contributed by atoms with van der Waals surface area (Å²) >= 11 is 6.76. The minimum absolute atomic E-state index is 0.0534. The van der Waals surface area contributed by atoms with Gasteiger partial charge in [-0.3, -0.25) is 4.79 Å². The minimum Gasteiger partial charge on any atom is -0.360 e. The predicted octanol–water partition coefficient (Wildman–Crippen LogP) is 3.40. The van der Waals surface area contributed by atoms with Gasteiger partial charge in [-0.2, -0.15) is 0 Å². The number of halogens is 2. The van der Waals surface area contributed by atoms with Crippen LogP contribution in [0, 0.1) is 5.82 Å². The number of anilines is 2. The van der Waals surface area contributed by atoms with Crippen LogP contribution in [0.2, 0.25) is 5.02 Å². The molecule has 1 heterocycles. The summed E-state index contributed by atoms with van der Waals surface area (Å²) in [6.07, 6.45) is 0.942. The number of nitrogens with one attached hydrogen (secondary N) is 2. The third-order valence-corrected chi connectivity index (χ3v) is 3.44. The molecular weight excluding hydrogens is 303 g/mol. The Balaban J connectivity index is 2.06. The molecule has 20 heavy (non-hydrogen) atoms. The summed E-state index contributed by atoms with van der Waals surface area (Å²) in [6.45, 7) is 2.77. The van der Waals surface area contributed by atoms with Crippen molar-refractivity contribution in [3.05, 3.63) is 34.0 Å². The highest BCUT2D eigenvalue weighted by atomic mass is 35.5. The van der Waals surface area contributed by atoms with Gasteiger partial charge in [-0.1, -0.05) is 29.9 Å². The lowest BCUT2D eigenvalue weighted by atomic mass is 10.3. The Kier molecular flexibility index (Phi) is 4.86. The van der Waals surface area contributed by atoms with Crippen molar-refractivity contribution >= 4 is 39.7 Å². The second-order valence-electron chi connectivity index (χ2n) is 3.92. The molecule has 1 aromatic carbocycles. The second-order valence-corrected chi connectivity index (χ2v) is 5.33. The number of carbonyl (C=O) groups excluding carboxylic acids is 1. The smallest absolute Gasteiger partial charge is 0.286 e. The van der Waals surface area contributed by atoms with Crippen molar-refractivity contribution in [1.82, 2.24) is 10.2 Å². The maximum Gasteiger partial charge on any atom is 0.286 e. The number of hydrogen-bond donors (Lipinski definition) is 2. The lowest BCUT2D eigenvalue weighted by Gasteiger charge is -2.04. The van der Waals surface area contributed by atoms with Crippen molar-refractivity contribution in [3.63, 3.8) is 0 Å². The van der Waals surface area contributed by atoms with Crippen LogP contribution in [0.1, 0.15) is 23.1 Å². The van der Waals surface area contributed by atoms with Gasteiger partial charge < -0.3 is 10.6 Å². The van der Waals surface area contributed by atoms with Gasteiger partial charge in [-0.25, -0.2) is 4.39 Å². The van der Waals surface area contributed by atoms with Gasteiger partial charge in [0.15, 0.2) is 0 Å². The molecule has 0 aliphatic rings. The molecule has 0 aliphatic carbocycles. The maximum atomic E-state index is 13.6. The number of amides is 1. The van der Waals surface area contributed by atoms with E-state index in [2.05, 4.69) is 20.8 Å². The van der Waals surface area contributed by atoms with Crippen LogP contribution in [0.25, 0.3) is 0 Å². The highest BCUT2D eigenvalue weighted by Crippen LogP contribution is 2.21. The first-order valence-electron chi connectivity index (χ1n) is 5.94. The van der Waals surface area contributed by atoms with Gasteiger partial charge in [0.2, 0.25) is 10.1 Å². The fourth-order valence-electron chi connectivity index (χ4n) is 1.38. The summed E-state index contributed by atoms with van der Waals surface area (Å²) in [5, 5.41) is 14.0. The van der Waals surface area contributed by atoms with E-state index in [-0.39, 0.29) is 15.7 Å². The van der Waals surface area contributed by atoms with Crippen LogP contribution < -0.4 is 10.6 Å². The molecule has 0 saturated heterocycles. The minimum atomic E-state index is -0.598. The molecule has 2 rings (SSSR count). The van der Waals surface area contributed by atoms with Gasteiger partial charge in [-0.05, 0) is 24.6 Å². The van der Waals surface area contributed by atoms with Gasteiger partial charge in [0.1, 0.15) is 5.82 Å². The molecule has 2 N–H and O–H groups in total. The molecule has 0 radical (unpaired) electrons. The van der Waals surface area contributed by atoms with E-state index in [9.17, 15) is 9.18 Å². The first kappa shape index (κ1) is 14.7. The normalized spacial score (nSPS) is 10.3. The summed E-state index contributed by atoms with van der Waals surface area (Å²) in [7, 11) is 0. The Labute approximate surface area is 124 Å². The van der Waals surface area contributed by atoms with Gasteiger partial charge in [-0.15, -0.1) is 10.2 Å². The number of hydrogen-bond acceptors (Lipinski definition) is 5. The highest BCUT2D eigenvalue weighted by molar-refractivity contribution is 7.17. The molecule has 0 atom stereocenters. The zero-order valence-corrected chi connectivity index (χ0v) is 12.2. The monoisotopic (exact) mass is 314 g/mol. The fraction of sp³-hybridized carbons (Fsp3) is 0.250. The molecule has 106 valence electrons. The van der Waals surface area contributed by atoms with Crippen molar-refractivity contribution < 1.29 is 9.18 Å². The van der Waals surface area contributed by atoms with Crippen LogP contribution in [-0.2, 0) is 0 Å².